The van der Waals surface area contributed by atoms with Crippen molar-refractivity contribution in [3.63, 3.8) is 0 Å². The van der Waals surface area contributed by atoms with Crippen LogP contribution in [0.4, 0.5) is 11.4 Å². The molecule has 37 heavy (non-hydrogen) atoms. The zero-order chi connectivity index (χ0) is 26.5. The van der Waals surface area contributed by atoms with Gasteiger partial charge in [-0.15, -0.1) is 0 Å². The third-order valence-corrected chi connectivity index (χ3v) is 7.40. The number of benzene rings is 3. The lowest BCUT2D eigenvalue weighted by Gasteiger charge is -2.16. The lowest BCUT2D eigenvalue weighted by Crippen LogP contribution is -2.32. The normalized spacial score (nSPS) is 13.4. The minimum absolute atomic E-state index is 0.170. The van der Waals surface area contributed by atoms with Gasteiger partial charge in [0, 0.05) is 15.6 Å². The van der Waals surface area contributed by atoms with Crippen molar-refractivity contribution in [2.75, 3.05) is 16.8 Å². The molecule has 0 saturated carbocycles. The van der Waals surface area contributed by atoms with E-state index in [1.165, 1.54) is 11.8 Å². The summed E-state index contributed by atoms with van der Waals surface area (Å²) in [6.45, 7) is 6.19. The molecule has 3 aromatic rings. The average molecular weight is 535 g/mol. The highest BCUT2D eigenvalue weighted by molar-refractivity contribution is 8.04. The first-order valence-corrected chi connectivity index (χ1v) is 13.2. The Kier molecular flexibility index (Phi) is 8.36. The highest BCUT2D eigenvalue weighted by Crippen LogP contribution is 2.38. The number of amides is 2. The Balaban J connectivity index is 1.65. The molecule has 6 nitrogen and oxygen atoms in total. The van der Waals surface area contributed by atoms with Crippen LogP contribution in [0.15, 0.2) is 82.2 Å². The monoisotopic (exact) mass is 534 g/mol. The summed E-state index contributed by atoms with van der Waals surface area (Å²) in [4.78, 5) is 41.7. The fourth-order valence-corrected chi connectivity index (χ4v) is 4.79. The highest BCUT2D eigenvalue weighted by Gasteiger charge is 2.40. The number of esters is 1. The molecule has 0 radical (unpaired) electrons. The summed E-state index contributed by atoms with van der Waals surface area (Å²) >= 11 is 7.51. The number of carbonyl (C=O) groups is 3. The summed E-state index contributed by atoms with van der Waals surface area (Å²) in [5.41, 5.74) is 3.38. The predicted octanol–water partition coefficient (Wildman–Crippen LogP) is 6.90. The molecule has 1 aliphatic rings. The van der Waals surface area contributed by atoms with Crippen LogP contribution in [0.1, 0.15) is 41.3 Å². The van der Waals surface area contributed by atoms with Gasteiger partial charge in [0.15, 0.2) is 0 Å². The molecule has 8 heteroatoms. The zero-order valence-corrected chi connectivity index (χ0v) is 22.4. The lowest BCUT2D eigenvalue weighted by atomic mass is 10.2. The fourth-order valence-electron chi connectivity index (χ4n) is 3.69. The number of nitrogens with zero attached hydrogens (tertiary/aromatic N) is 1. The maximum atomic E-state index is 13.6. The predicted molar refractivity (Wildman–Crippen MR) is 148 cm³/mol. The highest BCUT2D eigenvalue weighted by atomic mass is 35.5. The number of nitrogens with one attached hydrogen (secondary N) is 1. The molecule has 2 amide bonds. The second-order valence-electron chi connectivity index (χ2n) is 8.64. The summed E-state index contributed by atoms with van der Waals surface area (Å²) < 4.78 is 5.25. The van der Waals surface area contributed by atoms with Gasteiger partial charge in [-0.05, 0) is 74.4 Å². The van der Waals surface area contributed by atoms with Gasteiger partial charge in [-0.1, -0.05) is 60.5 Å². The smallest absolute Gasteiger partial charge is 0.338 e. The number of thioether (sulfide) groups is 1. The molecular formula is C29H27ClN2O4S. The summed E-state index contributed by atoms with van der Waals surface area (Å²) in [7, 11) is 0. The molecular weight excluding hydrogens is 508 g/mol. The van der Waals surface area contributed by atoms with Crippen LogP contribution in [-0.2, 0) is 14.3 Å². The van der Waals surface area contributed by atoms with Crippen LogP contribution in [0.5, 0.6) is 0 Å². The van der Waals surface area contributed by atoms with Crippen molar-refractivity contribution in [2.24, 2.45) is 0 Å². The second kappa shape index (κ2) is 11.7. The first-order valence-electron chi connectivity index (χ1n) is 12.0. The van der Waals surface area contributed by atoms with Crippen molar-refractivity contribution in [1.82, 2.24) is 0 Å². The van der Waals surface area contributed by atoms with Crippen molar-refractivity contribution in [1.29, 1.82) is 0 Å². The number of imide groups is 1. The van der Waals surface area contributed by atoms with E-state index in [1.54, 1.807) is 36.4 Å². The van der Waals surface area contributed by atoms with Gasteiger partial charge in [0.05, 0.1) is 17.9 Å². The SMILES string of the molecule is CCCCOC(=O)c1ccc(N2C(=O)C(Nc3cccc(Cl)c3C)=C(Sc3ccc(C)cc3)C2=O)cc1. The van der Waals surface area contributed by atoms with Crippen LogP contribution >= 0.6 is 23.4 Å². The number of hydrogen-bond donors (Lipinski definition) is 1. The van der Waals surface area contributed by atoms with Gasteiger partial charge in [-0.2, -0.15) is 0 Å². The average Bonchev–Trinajstić information content (AvgIpc) is 3.12. The van der Waals surface area contributed by atoms with Crippen LogP contribution in [0.25, 0.3) is 0 Å². The van der Waals surface area contributed by atoms with E-state index in [0.717, 1.165) is 33.8 Å². The molecule has 1 N–H and O–H groups in total. The Morgan fingerprint density at radius 1 is 0.973 bits per heavy atom. The van der Waals surface area contributed by atoms with Crippen LogP contribution in [0.2, 0.25) is 5.02 Å². The Morgan fingerprint density at radius 2 is 1.68 bits per heavy atom. The number of hydrogen-bond acceptors (Lipinski definition) is 6. The van der Waals surface area contributed by atoms with Crippen molar-refractivity contribution in [2.45, 2.75) is 38.5 Å². The number of aryl methyl sites for hydroxylation is 1. The minimum atomic E-state index is -0.489. The molecule has 0 spiro atoms. The van der Waals surface area contributed by atoms with Crippen molar-refractivity contribution < 1.29 is 19.1 Å². The number of rotatable bonds is 9. The molecule has 0 bridgehead atoms. The number of halogens is 1. The molecule has 4 rings (SSSR count). The van der Waals surface area contributed by atoms with Gasteiger partial charge in [0.1, 0.15) is 10.6 Å². The van der Waals surface area contributed by atoms with Crippen LogP contribution in [0, 0.1) is 13.8 Å². The first-order chi connectivity index (χ1) is 17.8. The fraction of sp³-hybridized carbons (Fsp3) is 0.207. The van der Waals surface area contributed by atoms with E-state index in [-0.39, 0.29) is 10.6 Å². The molecule has 0 unspecified atom stereocenters. The van der Waals surface area contributed by atoms with Crippen LogP contribution in [-0.4, -0.2) is 24.4 Å². The van der Waals surface area contributed by atoms with Crippen molar-refractivity contribution in [3.8, 4) is 0 Å². The van der Waals surface area contributed by atoms with Gasteiger partial charge < -0.3 is 10.1 Å². The molecule has 1 heterocycles. The van der Waals surface area contributed by atoms with Gasteiger partial charge >= 0.3 is 5.97 Å². The largest absolute Gasteiger partial charge is 0.462 e. The number of anilines is 2. The third kappa shape index (κ3) is 5.89. The van der Waals surface area contributed by atoms with E-state index in [1.807, 2.05) is 51.1 Å². The molecule has 0 fully saturated rings. The van der Waals surface area contributed by atoms with Crippen LogP contribution in [0.3, 0.4) is 0 Å². The summed E-state index contributed by atoms with van der Waals surface area (Å²) in [6, 6.07) is 19.4. The van der Waals surface area contributed by atoms with E-state index in [9.17, 15) is 14.4 Å². The molecule has 3 aromatic carbocycles. The first kappa shape index (κ1) is 26.5. The van der Waals surface area contributed by atoms with Crippen molar-refractivity contribution in [3.05, 3.63) is 99.0 Å². The standard InChI is InChI=1S/C29H27ClN2O4S/c1-4-5-17-36-29(35)20-11-13-21(14-12-20)32-27(33)25(31-24-8-6-7-23(30)19(24)3)26(28(32)34)37-22-15-9-18(2)10-16-22/h6-16,31H,4-5,17H2,1-3H3. The summed E-state index contributed by atoms with van der Waals surface area (Å²) in [6.07, 6.45) is 1.71. The second-order valence-corrected chi connectivity index (χ2v) is 10.1. The quantitative estimate of drug-likeness (QED) is 0.183. The Labute approximate surface area is 225 Å². The number of ether oxygens (including phenoxy) is 1. The summed E-state index contributed by atoms with van der Waals surface area (Å²) in [5.74, 6) is -1.38. The topological polar surface area (TPSA) is 75.7 Å². The Morgan fingerprint density at radius 3 is 2.35 bits per heavy atom. The maximum Gasteiger partial charge on any atom is 0.338 e. The lowest BCUT2D eigenvalue weighted by molar-refractivity contribution is -0.120. The van der Waals surface area contributed by atoms with Gasteiger partial charge in [0.25, 0.3) is 11.8 Å². The van der Waals surface area contributed by atoms with E-state index in [4.69, 9.17) is 16.3 Å². The molecule has 190 valence electrons. The molecule has 0 aliphatic carbocycles. The Hall–Kier alpha value is -3.55. The summed E-state index contributed by atoms with van der Waals surface area (Å²) in [5, 5.41) is 3.71. The third-order valence-electron chi connectivity index (χ3n) is 5.90. The van der Waals surface area contributed by atoms with Crippen molar-refractivity contribution >= 4 is 52.5 Å². The van der Waals surface area contributed by atoms with Gasteiger partial charge in [-0.3, -0.25) is 9.59 Å². The van der Waals surface area contributed by atoms with Gasteiger partial charge in [0.2, 0.25) is 0 Å². The van der Waals surface area contributed by atoms with E-state index in [0.29, 0.717) is 28.6 Å². The number of carbonyl (C=O) groups excluding carboxylic acids is 3. The Bertz CT molecular complexity index is 1370. The molecule has 0 aromatic heterocycles. The van der Waals surface area contributed by atoms with E-state index < -0.39 is 17.8 Å². The molecule has 1 aliphatic heterocycles. The van der Waals surface area contributed by atoms with E-state index >= 15 is 0 Å². The van der Waals surface area contributed by atoms with Crippen LogP contribution < -0.4 is 10.2 Å². The van der Waals surface area contributed by atoms with E-state index in [2.05, 4.69) is 5.32 Å². The molecule has 0 saturated heterocycles. The minimum Gasteiger partial charge on any atom is -0.462 e. The maximum absolute atomic E-state index is 13.6. The molecule has 0 atom stereocenters. The van der Waals surface area contributed by atoms with Gasteiger partial charge in [-0.25, -0.2) is 9.69 Å². The zero-order valence-electron chi connectivity index (χ0n) is 20.8. The number of unbranched alkanes of at least 4 members (excludes halogenated alkanes) is 1.